The molecular weight excluding hydrogens is 334 g/mol. The molecule has 0 aliphatic carbocycles. The molecule has 7 heteroatoms. The van der Waals surface area contributed by atoms with Gasteiger partial charge in [-0.3, -0.25) is 0 Å². The van der Waals surface area contributed by atoms with Crippen LogP contribution >= 0.6 is 0 Å². The maximum atomic E-state index is 9.48. The Morgan fingerprint density at radius 3 is 2.00 bits per heavy atom. The SMILES string of the molecule is CC(C)N(CCCC(O)CO)CCC[Si](C)(OC(C)(C)N)C(C)(C)N. The van der Waals surface area contributed by atoms with Gasteiger partial charge in [-0.05, 0) is 86.5 Å². The lowest BCUT2D eigenvalue weighted by molar-refractivity contribution is 0.0816. The van der Waals surface area contributed by atoms with Crippen LogP contribution in [0.2, 0.25) is 12.6 Å². The monoisotopic (exact) mass is 377 g/mol. The molecule has 0 aliphatic rings. The fraction of sp³-hybridized carbons (Fsp3) is 1.00. The maximum Gasteiger partial charge on any atom is 0.211 e. The van der Waals surface area contributed by atoms with Crippen LogP contribution in [0.1, 0.15) is 60.8 Å². The predicted molar refractivity (Wildman–Crippen MR) is 108 cm³/mol. The zero-order valence-electron chi connectivity index (χ0n) is 17.5. The number of rotatable bonds is 13. The Hall–Kier alpha value is -0.0231. The van der Waals surface area contributed by atoms with Gasteiger partial charge in [-0.25, -0.2) is 0 Å². The minimum Gasteiger partial charge on any atom is -0.398 e. The summed E-state index contributed by atoms with van der Waals surface area (Å²) in [5, 5.41) is 18.0. The normalized spacial score (nSPS) is 17.2. The van der Waals surface area contributed by atoms with Gasteiger partial charge in [0.2, 0.25) is 8.32 Å². The predicted octanol–water partition coefficient (Wildman–Crippen LogP) is 1.78. The number of nitrogens with two attached hydrogens (primary N) is 2. The lowest BCUT2D eigenvalue weighted by atomic mass is 10.2. The molecule has 0 aliphatic heterocycles. The van der Waals surface area contributed by atoms with E-state index >= 15 is 0 Å². The first-order chi connectivity index (χ1) is 11.2. The van der Waals surface area contributed by atoms with Gasteiger partial charge in [0.05, 0.1) is 18.4 Å². The second-order valence-corrected chi connectivity index (χ2v) is 13.3. The average molecular weight is 378 g/mol. The molecule has 0 aromatic rings. The van der Waals surface area contributed by atoms with Crippen molar-refractivity contribution in [1.29, 1.82) is 0 Å². The van der Waals surface area contributed by atoms with E-state index in [2.05, 4.69) is 25.3 Å². The summed E-state index contributed by atoms with van der Waals surface area (Å²) in [6.07, 6.45) is 1.92. The van der Waals surface area contributed by atoms with Crippen LogP contribution in [0.25, 0.3) is 0 Å². The smallest absolute Gasteiger partial charge is 0.211 e. The van der Waals surface area contributed by atoms with Gasteiger partial charge in [0.15, 0.2) is 0 Å². The zero-order chi connectivity index (χ0) is 19.9. The quantitative estimate of drug-likeness (QED) is 0.288. The number of nitrogens with zero attached hydrogens (tertiary/aromatic N) is 1. The molecule has 0 aromatic carbocycles. The molecule has 0 bridgehead atoms. The van der Waals surface area contributed by atoms with Gasteiger partial charge in [0.1, 0.15) is 0 Å². The maximum absolute atomic E-state index is 9.48. The molecule has 152 valence electrons. The van der Waals surface area contributed by atoms with E-state index in [1.165, 1.54) is 0 Å². The van der Waals surface area contributed by atoms with Gasteiger partial charge < -0.3 is 31.0 Å². The van der Waals surface area contributed by atoms with Crippen molar-refractivity contribution in [2.45, 2.75) is 96.4 Å². The summed E-state index contributed by atoms with van der Waals surface area (Å²) in [5.74, 6) is 0. The van der Waals surface area contributed by atoms with Crippen LogP contribution in [-0.4, -0.2) is 66.2 Å². The number of hydrogen-bond acceptors (Lipinski definition) is 6. The Bertz CT molecular complexity index is 370. The van der Waals surface area contributed by atoms with E-state index in [0.717, 1.165) is 32.0 Å². The Morgan fingerprint density at radius 2 is 1.60 bits per heavy atom. The zero-order valence-corrected chi connectivity index (χ0v) is 18.5. The summed E-state index contributed by atoms with van der Waals surface area (Å²) in [4.78, 5) is 2.41. The van der Waals surface area contributed by atoms with E-state index in [9.17, 15) is 5.11 Å². The van der Waals surface area contributed by atoms with Crippen LogP contribution in [-0.2, 0) is 4.43 Å². The minimum absolute atomic E-state index is 0.163. The van der Waals surface area contributed by atoms with Crippen LogP contribution < -0.4 is 11.5 Å². The first-order valence-corrected chi connectivity index (χ1v) is 12.1. The van der Waals surface area contributed by atoms with E-state index in [1.54, 1.807) is 0 Å². The summed E-state index contributed by atoms with van der Waals surface area (Å²) >= 11 is 0. The topological polar surface area (TPSA) is 105 Å². The van der Waals surface area contributed by atoms with Gasteiger partial charge in [-0.15, -0.1) is 0 Å². The van der Waals surface area contributed by atoms with Crippen molar-refractivity contribution >= 4 is 8.32 Å². The van der Waals surface area contributed by atoms with Crippen LogP contribution in [0.3, 0.4) is 0 Å². The second kappa shape index (κ2) is 10.3. The molecule has 6 N–H and O–H groups in total. The number of hydrogen-bond donors (Lipinski definition) is 4. The fourth-order valence-electron chi connectivity index (χ4n) is 2.95. The fourth-order valence-corrected chi connectivity index (χ4v) is 5.96. The van der Waals surface area contributed by atoms with E-state index in [4.69, 9.17) is 21.0 Å². The van der Waals surface area contributed by atoms with Crippen LogP contribution in [0.4, 0.5) is 0 Å². The third-order valence-electron chi connectivity index (χ3n) is 4.87. The first kappa shape index (κ1) is 25.0. The highest BCUT2D eigenvalue weighted by Gasteiger charge is 2.45. The molecule has 0 spiro atoms. The van der Waals surface area contributed by atoms with Crippen molar-refractivity contribution in [3.05, 3.63) is 0 Å². The summed E-state index contributed by atoms with van der Waals surface area (Å²) in [6, 6.07) is 1.40. The Balaban J connectivity index is 4.65. The van der Waals surface area contributed by atoms with Crippen molar-refractivity contribution in [3.8, 4) is 0 Å². The third kappa shape index (κ3) is 10.0. The van der Waals surface area contributed by atoms with Crippen molar-refractivity contribution < 1.29 is 14.6 Å². The van der Waals surface area contributed by atoms with Crippen LogP contribution in [0.5, 0.6) is 0 Å². The minimum atomic E-state index is -2.19. The molecule has 2 unspecified atom stereocenters. The number of aliphatic hydroxyl groups excluding tert-OH is 2. The summed E-state index contributed by atoms with van der Waals surface area (Å²) in [6.45, 7) is 16.1. The summed E-state index contributed by atoms with van der Waals surface area (Å²) in [5.41, 5.74) is 11.9. The highest BCUT2D eigenvalue weighted by molar-refractivity contribution is 6.75. The van der Waals surface area contributed by atoms with Gasteiger partial charge in [-0.1, -0.05) is 0 Å². The molecule has 0 aromatic heterocycles. The molecule has 25 heavy (non-hydrogen) atoms. The highest BCUT2D eigenvalue weighted by Crippen LogP contribution is 2.28. The molecule has 0 radical (unpaired) electrons. The molecule has 0 heterocycles. The van der Waals surface area contributed by atoms with E-state index in [0.29, 0.717) is 12.5 Å². The molecule has 0 rings (SSSR count). The molecule has 0 saturated carbocycles. The Labute approximate surface area is 156 Å². The molecule has 2 atom stereocenters. The van der Waals surface area contributed by atoms with Gasteiger partial charge in [-0.2, -0.15) is 0 Å². The Morgan fingerprint density at radius 1 is 1.08 bits per heavy atom. The summed E-state index contributed by atoms with van der Waals surface area (Å²) < 4.78 is 6.27. The number of aliphatic hydroxyl groups is 2. The van der Waals surface area contributed by atoms with Crippen LogP contribution in [0.15, 0.2) is 0 Å². The average Bonchev–Trinajstić information content (AvgIpc) is 2.41. The standard InChI is InChI=1S/C18H43N3O3Si/c1-15(2)21(11-8-10-16(23)14-22)12-9-13-25(7,18(5,6)20)24-17(3,4)19/h15-16,22-23H,8-14,19-20H2,1-7H3. The molecule has 0 saturated heterocycles. The van der Waals surface area contributed by atoms with Gasteiger partial charge in [0.25, 0.3) is 0 Å². The highest BCUT2D eigenvalue weighted by atomic mass is 28.4. The van der Waals surface area contributed by atoms with Crippen LogP contribution in [0, 0.1) is 0 Å². The van der Waals surface area contributed by atoms with Crippen molar-refractivity contribution in [1.82, 2.24) is 4.90 Å². The Kier molecular flexibility index (Phi) is 10.3. The second-order valence-electron chi connectivity index (χ2n) is 8.87. The molecule has 6 nitrogen and oxygen atoms in total. The van der Waals surface area contributed by atoms with Gasteiger partial charge >= 0.3 is 0 Å². The van der Waals surface area contributed by atoms with E-state index < -0.39 is 20.1 Å². The van der Waals surface area contributed by atoms with Crippen molar-refractivity contribution in [2.75, 3.05) is 19.7 Å². The van der Waals surface area contributed by atoms with Gasteiger partial charge in [0, 0.05) is 11.2 Å². The molecule has 0 amide bonds. The lowest BCUT2D eigenvalue weighted by Gasteiger charge is -2.44. The van der Waals surface area contributed by atoms with Crippen molar-refractivity contribution in [3.63, 3.8) is 0 Å². The largest absolute Gasteiger partial charge is 0.398 e. The lowest BCUT2D eigenvalue weighted by Crippen LogP contribution is -2.64. The summed E-state index contributed by atoms with van der Waals surface area (Å²) in [7, 11) is -2.19. The van der Waals surface area contributed by atoms with Crippen molar-refractivity contribution in [2.24, 2.45) is 11.5 Å². The molecular formula is C18H43N3O3Si. The first-order valence-electron chi connectivity index (χ1n) is 9.53. The molecule has 0 fully saturated rings. The van der Waals surface area contributed by atoms with E-state index in [-0.39, 0.29) is 11.8 Å². The third-order valence-corrected chi connectivity index (χ3v) is 9.88. The van der Waals surface area contributed by atoms with E-state index in [1.807, 2.05) is 27.7 Å².